The van der Waals surface area contributed by atoms with E-state index in [2.05, 4.69) is 0 Å². The molecule has 11 heteroatoms. The van der Waals surface area contributed by atoms with Crippen LogP contribution in [0.5, 0.6) is 0 Å². The number of benzene rings is 2. The van der Waals surface area contributed by atoms with Gasteiger partial charge >= 0.3 is 0 Å². The predicted octanol–water partition coefficient (Wildman–Crippen LogP) is 2.46. The van der Waals surface area contributed by atoms with E-state index in [4.69, 9.17) is 0 Å². The molecule has 0 aromatic heterocycles. The van der Waals surface area contributed by atoms with Crippen LogP contribution < -0.4 is 10.9 Å². The quantitative estimate of drug-likeness (QED) is 0.339. The van der Waals surface area contributed by atoms with Crippen LogP contribution >= 0.6 is 0 Å². The van der Waals surface area contributed by atoms with E-state index in [1.807, 2.05) is 0 Å². The van der Waals surface area contributed by atoms with Crippen molar-refractivity contribution in [2.45, 2.75) is 0 Å². The summed E-state index contributed by atoms with van der Waals surface area (Å²) in [6.07, 6.45) is 0. The van der Waals surface area contributed by atoms with Crippen molar-refractivity contribution in [3.05, 3.63) is 58.2 Å². The molecule has 0 atom stereocenters. The summed E-state index contributed by atoms with van der Waals surface area (Å²) >= 11 is 0. The predicted molar refractivity (Wildman–Crippen MR) is 58.9 cm³/mol. The summed E-state index contributed by atoms with van der Waals surface area (Å²) in [5.41, 5.74) is -3.46. The van der Waals surface area contributed by atoms with Crippen LogP contribution in [0.15, 0.2) is 0 Å². The van der Waals surface area contributed by atoms with Crippen LogP contribution in [0.2, 0.25) is 0 Å². The Labute approximate surface area is 121 Å². The van der Waals surface area contributed by atoms with Gasteiger partial charge in [0, 0.05) is 0 Å². The second kappa shape index (κ2) is 5.78. The average Bonchev–Trinajstić information content (AvgIpc) is 2.54. The first kappa shape index (κ1) is 17.2. The van der Waals surface area contributed by atoms with Crippen LogP contribution in [0.25, 0.3) is 0 Å². The van der Waals surface area contributed by atoms with Crippen LogP contribution in [-0.2, 0) is 0 Å². The Balaban J connectivity index is 2.71. The van der Waals surface area contributed by atoms with Crippen molar-refractivity contribution in [1.82, 2.24) is 0 Å². The Bertz CT molecular complexity index is 691. The Kier molecular flexibility index (Phi) is 4.31. The van der Waals surface area contributed by atoms with Crippen molar-refractivity contribution < 1.29 is 43.9 Å². The first-order valence-electron chi connectivity index (χ1n) is 5.60. The van der Waals surface area contributed by atoms with Gasteiger partial charge in [-0.25, -0.2) is 43.9 Å². The summed E-state index contributed by atoms with van der Waals surface area (Å²) in [7, 11) is -1.74. The van der Waals surface area contributed by atoms with E-state index in [-0.39, 0.29) is 0 Å². The van der Waals surface area contributed by atoms with Crippen molar-refractivity contribution in [2.24, 2.45) is 0 Å². The molecule has 0 N–H and O–H groups in total. The molecule has 2 aromatic carbocycles. The minimum atomic E-state index is -2.53. The van der Waals surface area contributed by atoms with Crippen LogP contribution in [0.1, 0.15) is 0 Å². The van der Waals surface area contributed by atoms with Gasteiger partial charge in [-0.2, -0.15) is 0 Å². The van der Waals surface area contributed by atoms with Crippen molar-refractivity contribution in [2.75, 3.05) is 0 Å². The van der Waals surface area contributed by atoms with Gasteiger partial charge in [0.2, 0.25) is 7.28 Å². The molecule has 0 radical (unpaired) electrons. The number of hydrogen-bond donors (Lipinski definition) is 0. The molecule has 2 aromatic rings. The topological polar surface area (TPSA) is 0 Å². The monoisotopic (exact) mass is 346 g/mol. The fraction of sp³-hybridized carbons (Fsp3) is 0. The molecule has 23 heavy (non-hydrogen) atoms. The zero-order chi connectivity index (χ0) is 17.6. The van der Waals surface area contributed by atoms with Gasteiger partial charge in [0.25, 0.3) is 0 Å². The summed E-state index contributed by atoms with van der Waals surface area (Å²) in [6, 6.07) is 0. The Morgan fingerprint density at radius 1 is 0.304 bits per heavy atom. The fourth-order valence-electron chi connectivity index (χ4n) is 1.79. The molecule has 122 valence electrons. The van der Waals surface area contributed by atoms with E-state index < -0.39 is 76.4 Å². The summed E-state index contributed by atoms with van der Waals surface area (Å²) in [5.74, 6) is -24.5. The largest absolute Gasteiger partial charge is 0.208 e. The maximum Gasteiger partial charge on any atom is 0.208 e. The van der Waals surface area contributed by atoms with Crippen LogP contribution in [-0.4, -0.2) is 7.28 Å². The second-order valence-electron chi connectivity index (χ2n) is 4.27. The Hall–Kier alpha value is -2.20. The van der Waals surface area contributed by atoms with Crippen molar-refractivity contribution >= 4 is 18.2 Å². The summed E-state index contributed by atoms with van der Waals surface area (Å²) in [4.78, 5) is 0. The molecule has 0 amide bonds. The Morgan fingerprint density at radius 2 is 0.478 bits per heavy atom. The molecular formula is C12HBF10. The fourth-order valence-corrected chi connectivity index (χ4v) is 1.79. The third-order valence-corrected chi connectivity index (χ3v) is 2.95. The highest BCUT2D eigenvalue weighted by Crippen LogP contribution is 2.18. The molecule has 0 fully saturated rings. The lowest BCUT2D eigenvalue weighted by Gasteiger charge is -2.10. The number of hydrogen-bond acceptors (Lipinski definition) is 0. The van der Waals surface area contributed by atoms with Gasteiger partial charge in [0.05, 0.1) is 0 Å². The third-order valence-electron chi connectivity index (χ3n) is 2.95. The summed E-state index contributed by atoms with van der Waals surface area (Å²) in [6.45, 7) is 0. The van der Waals surface area contributed by atoms with Crippen LogP contribution in [0, 0.1) is 58.2 Å². The van der Waals surface area contributed by atoms with Gasteiger partial charge < -0.3 is 0 Å². The highest BCUT2D eigenvalue weighted by molar-refractivity contribution is 6.67. The minimum absolute atomic E-state index is 1.73. The van der Waals surface area contributed by atoms with Crippen molar-refractivity contribution in [3.63, 3.8) is 0 Å². The molecule has 0 heterocycles. The normalized spacial score (nSPS) is 11.0. The van der Waals surface area contributed by atoms with Gasteiger partial charge in [0.1, 0.15) is 0 Å². The lowest BCUT2D eigenvalue weighted by Crippen LogP contribution is -2.39. The lowest BCUT2D eigenvalue weighted by atomic mass is 9.62. The SMILES string of the molecule is Fc1c(F)c(F)c(Bc2c(F)c(F)c(F)c(F)c2F)c(F)c1F. The van der Waals surface area contributed by atoms with Gasteiger partial charge in [-0.3, -0.25) is 0 Å². The molecule has 0 spiro atoms. The molecule has 0 nitrogen and oxygen atoms in total. The number of halogens is 10. The molecule has 0 aliphatic carbocycles. The van der Waals surface area contributed by atoms with Crippen LogP contribution in [0.4, 0.5) is 43.9 Å². The average molecular weight is 346 g/mol. The summed E-state index contributed by atoms with van der Waals surface area (Å²) in [5, 5.41) is 0. The second-order valence-corrected chi connectivity index (χ2v) is 4.27. The molecule has 0 saturated carbocycles. The standard InChI is InChI=1S/C12HBF10/c14-3-1(4(15)8(19)11(22)7(3)18)13-2-5(16)9(20)12(23)10(21)6(2)17/h13H. The van der Waals surface area contributed by atoms with Gasteiger partial charge in [-0.05, 0) is 10.9 Å². The van der Waals surface area contributed by atoms with E-state index in [0.29, 0.717) is 0 Å². The summed E-state index contributed by atoms with van der Waals surface area (Å²) < 4.78 is 131. The van der Waals surface area contributed by atoms with E-state index in [1.54, 1.807) is 0 Å². The van der Waals surface area contributed by atoms with Gasteiger partial charge in [0.15, 0.2) is 58.2 Å². The molecule has 0 aliphatic rings. The maximum atomic E-state index is 13.4. The van der Waals surface area contributed by atoms with Crippen LogP contribution in [0.3, 0.4) is 0 Å². The highest BCUT2D eigenvalue weighted by atomic mass is 19.2. The number of rotatable bonds is 2. The van der Waals surface area contributed by atoms with Crippen molar-refractivity contribution in [3.8, 4) is 0 Å². The first-order valence-corrected chi connectivity index (χ1v) is 5.60. The van der Waals surface area contributed by atoms with Crippen molar-refractivity contribution in [1.29, 1.82) is 0 Å². The first-order chi connectivity index (χ1) is 10.6. The van der Waals surface area contributed by atoms with Gasteiger partial charge in [-0.15, -0.1) is 0 Å². The van der Waals surface area contributed by atoms with Gasteiger partial charge in [-0.1, -0.05) is 0 Å². The molecule has 2 rings (SSSR count). The van der Waals surface area contributed by atoms with E-state index in [1.165, 1.54) is 0 Å². The van der Waals surface area contributed by atoms with E-state index >= 15 is 0 Å². The molecule has 0 bridgehead atoms. The molecular weight excluding hydrogens is 345 g/mol. The van der Waals surface area contributed by atoms with E-state index in [9.17, 15) is 43.9 Å². The zero-order valence-corrected chi connectivity index (χ0v) is 10.5. The Morgan fingerprint density at radius 3 is 0.696 bits per heavy atom. The molecule has 0 saturated heterocycles. The smallest absolute Gasteiger partial charge is 0.204 e. The highest BCUT2D eigenvalue weighted by Gasteiger charge is 2.31. The maximum absolute atomic E-state index is 13.4. The zero-order valence-electron chi connectivity index (χ0n) is 10.5. The third kappa shape index (κ3) is 2.53. The molecule has 0 aliphatic heterocycles. The minimum Gasteiger partial charge on any atom is -0.204 e. The lowest BCUT2D eigenvalue weighted by molar-refractivity contribution is 0.382. The van der Waals surface area contributed by atoms with E-state index in [0.717, 1.165) is 0 Å². The molecule has 0 unspecified atom stereocenters.